The molecule has 1 atom stereocenters. The van der Waals surface area contributed by atoms with Gasteiger partial charge in [0.25, 0.3) is 0 Å². The fraction of sp³-hybridized carbons (Fsp3) is 0.200. The molecule has 0 spiro atoms. The first-order chi connectivity index (χ1) is 16.1. The molecule has 1 aliphatic rings. The van der Waals surface area contributed by atoms with Crippen LogP contribution in [0.15, 0.2) is 115 Å². The van der Waals surface area contributed by atoms with E-state index < -0.39 is 8.15 Å². The first-order valence-electron chi connectivity index (χ1n) is 11.6. The second kappa shape index (κ2) is 9.51. The maximum atomic E-state index is 7.12. The molecule has 0 N–H and O–H groups in total. The lowest BCUT2D eigenvalue weighted by Crippen LogP contribution is -2.49. The van der Waals surface area contributed by atoms with Crippen molar-refractivity contribution in [1.29, 1.82) is 0 Å². The molecule has 2 nitrogen and oxygen atoms in total. The molecule has 0 saturated carbocycles. The van der Waals surface area contributed by atoms with Crippen molar-refractivity contribution in [2.24, 2.45) is 0 Å². The van der Waals surface area contributed by atoms with Crippen LogP contribution in [0.4, 0.5) is 5.69 Å². The Kier molecular flexibility index (Phi) is 6.31. The van der Waals surface area contributed by atoms with Gasteiger partial charge in [-0.2, -0.15) is 0 Å². The molecule has 0 saturated heterocycles. The highest BCUT2D eigenvalue weighted by Gasteiger charge is 2.42. The maximum Gasteiger partial charge on any atom is 0.0926 e. The van der Waals surface area contributed by atoms with Gasteiger partial charge in [-0.1, -0.05) is 109 Å². The summed E-state index contributed by atoms with van der Waals surface area (Å²) in [5.41, 5.74) is 3.69. The second-order valence-electron chi connectivity index (χ2n) is 9.12. The van der Waals surface area contributed by atoms with E-state index in [4.69, 9.17) is 4.52 Å². The first kappa shape index (κ1) is 21.9. The Morgan fingerprint density at radius 2 is 1.24 bits per heavy atom. The van der Waals surface area contributed by atoms with Gasteiger partial charge in [0.05, 0.1) is 19.8 Å². The Balaban J connectivity index is 1.49. The Morgan fingerprint density at radius 3 is 1.85 bits per heavy atom. The molecular weight excluding hydrogens is 421 g/mol. The quantitative estimate of drug-likeness (QED) is 0.299. The lowest BCUT2D eigenvalue weighted by Gasteiger charge is -2.41. The van der Waals surface area contributed by atoms with E-state index in [1.165, 1.54) is 27.4 Å². The number of para-hydroxylation sites is 1. The maximum absolute atomic E-state index is 7.12. The fourth-order valence-corrected chi connectivity index (χ4v) is 6.71. The highest BCUT2D eigenvalue weighted by Crippen LogP contribution is 2.46. The SMILES string of the molecule is CC(C)(OP(c1ccccc1)c1ccccc1)[C@@H]1Cc2ccccc2N1Cc1ccccc1. The summed E-state index contributed by atoms with van der Waals surface area (Å²) in [6, 6.07) is 41.2. The molecule has 1 heterocycles. The molecule has 0 fully saturated rings. The van der Waals surface area contributed by atoms with Crippen LogP contribution >= 0.6 is 8.15 Å². The summed E-state index contributed by atoms with van der Waals surface area (Å²) < 4.78 is 7.12. The van der Waals surface area contributed by atoms with Gasteiger partial charge in [-0.25, -0.2) is 0 Å². The Bertz CT molecular complexity index is 1140. The molecule has 0 unspecified atom stereocenters. The monoisotopic (exact) mass is 451 g/mol. The summed E-state index contributed by atoms with van der Waals surface area (Å²) in [5.74, 6) is 0. The normalized spacial score (nSPS) is 15.6. The molecule has 4 aromatic rings. The van der Waals surface area contributed by atoms with Crippen LogP contribution in [0.3, 0.4) is 0 Å². The predicted molar refractivity (Wildman–Crippen MR) is 141 cm³/mol. The van der Waals surface area contributed by atoms with E-state index in [-0.39, 0.29) is 11.6 Å². The lowest BCUT2D eigenvalue weighted by molar-refractivity contribution is 0.0974. The third-order valence-electron chi connectivity index (χ3n) is 6.40. The van der Waals surface area contributed by atoms with Crippen LogP contribution in [0.25, 0.3) is 0 Å². The minimum atomic E-state index is -0.936. The van der Waals surface area contributed by atoms with Gasteiger partial charge < -0.3 is 9.42 Å². The third kappa shape index (κ3) is 4.74. The van der Waals surface area contributed by atoms with Gasteiger partial charge >= 0.3 is 0 Å². The van der Waals surface area contributed by atoms with Crippen LogP contribution in [0, 0.1) is 0 Å². The number of hydrogen-bond acceptors (Lipinski definition) is 2. The van der Waals surface area contributed by atoms with Crippen LogP contribution in [0.2, 0.25) is 0 Å². The molecule has 1 aliphatic heterocycles. The average Bonchev–Trinajstić information content (AvgIpc) is 3.24. The summed E-state index contributed by atoms with van der Waals surface area (Å²) in [5, 5.41) is 2.49. The summed E-state index contributed by atoms with van der Waals surface area (Å²) >= 11 is 0. The highest BCUT2D eigenvalue weighted by molar-refractivity contribution is 7.68. The van der Waals surface area contributed by atoms with Crippen LogP contribution in [0.1, 0.15) is 25.0 Å². The van der Waals surface area contributed by atoms with Crippen molar-refractivity contribution in [2.75, 3.05) is 4.90 Å². The Morgan fingerprint density at radius 1 is 0.727 bits per heavy atom. The molecule has 0 radical (unpaired) electrons. The molecule has 0 aromatic heterocycles. The van der Waals surface area contributed by atoms with E-state index in [0.29, 0.717) is 0 Å². The second-order valence-corrected chi connectivity index (χ2v) is 10.9. The van der Waals surface area contributed by atoms with Crippen molar-refractivity contribution in [1.82, 2.24) is 0 Å². The van der Waals surface area contributed by atoms with Crippen LogP contribution in [0.5, 0.6) is 0 Å². The summed E-state index contributed by atoms with van der Waals surface area (Å²) in [7, 11) is -0.936. The van der Waals surface area contributed by atoms with Gasteiger partial charge in [-0.05, 0) is 37.5 Å². The zero-order valence-electron chi connectivity index (χ0n) is 19.3. The predicted octanol–water partition coefficient (Wildman–Crippen LogP) is 6.46. The zero-order chi connectivity index (χ0) is 22.7. The largest absolute Gasteiger partial charge is 0.361 e. The van der Waals surface area contributed by atoms with E-state index in [1.54, 1.807) is 0 Å². The molecule has 166 valence electrons. The summed E-state index contributed by atoms with van der Waals surface area (Å²) in [6.45, 7) is 5.41. The topological polar surface area (TPSA) is 12.5 Å². The minimum Gasteiger partial charge on any atom is -0.361 e. The number of nitrogens with zero attached hydrogens (tertiary/aromatic N) is 1. The molecule has 0 aliphatic carbocycles. The number of hydrogen-bond donors (Lipinski definition) is 0. The summed E-state index contributed by atoms with van der Waals surface area (Å²) in [4.78, 5) is 2.55. The molecule has 3 heteroatoms. The van der Waals surface area contributed by atoms with E-state index >= 15 is 0 Å². The van der Waals surface area contributed by atoms with E-state index in [2.05, 4.69) is 134 Å². The van der Waals surface area contributed by atoms with Crippen LogP contribution < -0.4 is 15.5 Å². The smallest absolute Gasteiger partial charge is 0.0926 e. The molecule has 33 heavy (non-hydrogen) atoms. The van der Waals surface area contributed by atoms with Gasteiger partial charge in [0, 0.05) is 22.8 Å². The molecule has 4 aromatic carbocycles. The lowest BCUT2D eigenvalue weighted by atomic mass is 9.95. The van der Waals surface area contributed by atoms with E-state index in [9.17, 15) is 0 Å². The number of fused-ring (bicyclic) bond motifs is 1. The molecule has 0 amide bonds. The zero-order valence-corrected chi connectivity index (χ0v) is 20.2. The van der Waals surface area contributed by atoms with Gasteiger partial charge in [0.15, 0.2) is 0 Å². The highest BCUT2D eigenvalue weighted by atomic mass is 31.1. The Labute approximate surface area is 198 Å². The fourth-order valence-electron chi connectivity index (χ4n) is 4.72. The molecule has 5 rings (SSSR count). The van der Waals surface area contributed by atoms with Crippen molar-refractivity contribution in [3.05, 3.63) is 126 Å². The first-order valence-corrected chi connectivity index (χ1v) is 12.9. The molecule has 0 bridgehead atoms. The third-order valence-corrected chi connectivity index (χ3v) is 8.58. The van der Waals surface area contributed by atoms with Crippen LogP contribution in [-0.4, -0.2) is 11.6 Å². The standard InChI is InChI=1S/C30H30NOP/c1-30(2,32-33(26-17-8-4-9-18-26)27-19-10-5-11-20-27)29-22-25-16-12-13-21-28(25)31(29)23-24-14-6-3-7-15-24/h3-21,29H,22-23H2,1-2H3/t29-/m0/s1. The summed E-state index contributed by atoms with van der Waals surface area (Å²) in [6.07, 6.45) is 0.989. The van der Waals surface area contributed by atoms with Gasteiger partial charge in [-0.15, -0.1) is 0 Å². The number of rotatable bonds is 7. The van der Waals surface area contributed by atoms with Crippen molar-refractivity contribution in [3.8, 4) is 0 Å². The Hall–Kier alpha value is -2.93. The number of anilines is 1. The average molecular weight is 452 g/mol. The van der Waals surface area contributed by atoms with E-state index in [1.807, 2.05) is 0 Å². The molecular formula is C30H30NOP. The van der Waals surface area contributed by atoms with Gasteiger partial charge in [-0.3, -0.25) is 0 Å². The van der Waals surface area contributed by atoms with Crippen molar-refractivity contribution in [3.63, 3.8) is 0 Å². The van der Waals surface area contributed by atoms with E-state index in [0.717, 1.165) is 13.0 Å². The number of benzene rings is 4. The van der Waals surface area contributed by atoms with Crippen LogP contribution in [-0.2, 0) is 17.5 Å². The van der Waals surface area contributed by atoms with Crippen molar-refractivity contribution < 1.29 is 4.52 Å². The van der Waals surface area contributed by atoms with Crippen molar-refractivity contribution in [2.45, 2.75) is 38.5 Å². The minimum absolute atomic E-state index is 0.243. The van der Waals surface area contributed by atoms with Gasteiger partial charge in [0.2, 0.25) is 0 Å². The van der Waals surface area contributed by atoms with Crippen molar-refractivity contribution >= 4 is 24.4 Å². The van der Waals surface area contributed by atoms with Gasteiger partial charge in [0.1, 0.15) is 0 Å².